The highest BCUT2D eigenvalue weighted by molar-refractivity contribution is 5.93. The van der Waals surface area contributed by atoms with Crippen molar-refractivity contribution in [3.05, 3.63) is 64.7 Å². The molecule has 3 aromatic heterocycles. The number of rotatable bonds is 3. The van der Waals surface area contributed by atoms with Gasteiger partial charge in [0.15, 0.2) is 5.82 Å². The van der Waals surface area contributed by atoms with Crippen LogP contribution in [0.15, 0.2) is 47.7 Å². The second-order valence-corrected chi connectivity index (χ2v) is 5.03. The van der Waals surface area contributed by atoms with Gasteiger partial charge in [-0.15, -0.1) is 10.2 Å². The van der Waals surface area contributed by atoms with Crippen molar-refractivity contribution in [3.63, 3.8) is 0 Å². The number of hydrogen-bond acceptors (Lipinski definition) is 6. The summed E-state index contributed by atoms with van der Waals surface area (Å²) in [6, 6.07) is 7.30. The third-order valence-electron chi connectivity index (χ3n) is 3.50. The number of amides is 1. The first-order valence-corrected chi connectivity index (χ1v) is 7.14. The van der Waals surface area contributed by atoms with Crippen LogP contribution in [0.1, 0.15) is 16.3 Å². The molecule has 1 amide bonds. The average molecular weight is 321 g/mol. The molecule has 2 N–H and O–H groups in total. The first-order chi connectivity index (χ1) is 11.7. The molecule has 24 heavy (non-hydrogen) atoms. The zero-order chi connectivity index (χ0) is 16.5. The monoisotopic (exact) mass is 321 g/mol. The molecule has 0 aliphatic carbocycles. The number of aromatic amines is 1. The Morgan fingerprint density at radius 2 is 2.04 bits per heavy atom. The molecule has 0 aliphatic heterocycles. The van der Waals surface area contributed by atoms with E-state index in [0.29, 0.717) is 11.3 Å². The van der Waals surface area contributed by atoms with Crippen LogP contribution >= 0.6 is 0 Å². The molecule has 0 spiro atoms. The van der Waals surface area contributed by atoms with Gasteiger partial charge >= 0.3 is 0 Å². The topological polar surface area (TPSA) is 118 Å². The van der Waals surface area contributed by atoms with E-state index in [2.05, 4.69) is 30.5 Å². The lowest BCUT2D eigenvalue weighted by atomic mass is 10.3. The van der Waals surface area contributed by atoms with Gasteiger partial charge in [0.25, 0.3) is 11.5 Å². The van der Waals surface area contributed by atoms with E-state index in [1.165, 1.54) is 16.8 Å². The van der Waals surface area contributed by atoms with Crippen LogP contribution in [0.5, 0.6) is 0 Å². The lowest BCUT2D eigenvalue weighted by molar-refractivity contribution is 0.0945. The number of benzene rings is 1. The van der Waals surface area contributed by atoms with Gasteiger partial charge in [-0.2, -0.15) is 0 Å². The lowest BCUT2D eigenvalue weighted by Gasteiger charge is -2.04. The van der Waals surface area contributed by atoms with Crippen molar-refractivity contribution < 1.29 is 4.79 Å². The molecule has 118 valence electrons. The maximum Gasteiger partial charge on any atom is 0.293 e. The van der Waals surface area contributed by atoms with E-state index in [4.69, 9.17) is 0 Å². The van der Waals surface area contributed by atoms with Gasteiger partial charge in [0.05, 0.1) is 23.8 Å². The third kappa shape index (κ3) is 2.37. The number of carbonyl (C=O) groups excluding carboxylic acids is 1. The van der Waals surface area contributed by atoms with E-state index in [1.54, 1.807) is 12.3 Å². The Morgan fingerprint density at radius 3 is 2.92 bits per heavy atom. The molecule has 0 bridgehead atoms. The maximum absolute atomic E-state index is 12.2. The second kappa shape index (κ2) is 5.54. The minimum Gasteiger partial charge on any atom is -0.343 e. The number of nitrogens with zero attached hydrogens (tertiary/aromatic N) is 5. The Bertz CT molecular complexity index is 1120. The standard InChI is InChI=1S/C15H11N7O2/c23-14(11-7-17-9-3-1-2-4-10(9)19-11)18-8-12-20-21-13-15(24)16-5-6-22(12)13/h1-7H,8H2,(H,16,24)(H,18,23). The summed E-state index contributed by atoms with van der Waals surface area (Å²) in [5.74, 6) is 0.0630. The van der Waals surface area contributed by atoms with Crippen LogP contribution < -0.4 is 10.9 Å². The van der Waals surface area contributed by atoms with Crippen molar-refractivity contribution in [3.8, 4) is 0 Å². The molecule has 0 fully saturated rings. The van der Waals surface area contributed by atoms with E-state index in [1.807, 2.05) is 18.2 Å². The summed E-state index contributed by atoms with van der Waals surface area (Å²) in [6.07, 6.45) is 4.52. The van der Waals surface area contributed by atoms with Crippen LogP contribution in [0.3, 0.4) is 0 Å². The molecule has 1 aromatic carbocycles. The minimum atomic E-state index is -0.380. The van der Waals surface area contributed by atoms with Gasteiger partial charge in [0.2, 0.25) is 5.65 Å². The molecule has 0 saturated carbocycles. The number of para-hydroxylation sites is 2. The predicted molar refractivity (Wildman–Crippen MR) is 84.3 cm³/mol. The molecule has 9 heteroatoms. The van der Waals surface area contributed by atoms with Crippen molar-refractivity contribution >= 4 is 22.6 Å². The third-order valence-corrected chi connectivity index (χ3v) is 3.50. The summed E-state index contributed by atoms with van der Waals surface area (Å²) in [6.45, 7) is 0.109. The quantitative estimate of drug-likeness (QED) is 0.560. The summed E-state index contributed by atoms with van der Waals surface area (Å²) >= 11 is 0. The molecule has 0 saturated heterocycles. The van der Waals surface area contributed by atoms with Crippen LogP contribution in [0, 0.1) is 0 Å². The maximum atomic E-state index is 12.2. The summed E-state index contributed by atoms with van der Waals surface area (Å²) < 4.78 is 1.52. The van der Waals surface area contributed by atoms with Crippen molar-refractivity contribution in [1.29, 1.82) is 0 Å². The Kier molecular flexibility index (Phi) is 3.23. The van der Waals surface area contributed by atoms with Crippen molar-refractivity contribution in [2.75, 3.05) is 0 Å². The Balaban J connectivity index is 1.57. The zero-order valence-corrected chi connectivity index (χ0v) is 12.3. The molecule has 3 heterocycles. The van der Waals surface area contributed by atoms with Gasteiger partial charge < -0.3 is 10.3 Å². The van der Waals surface area contributed by atoms with Gasteiger partial charge in [-0.3, -0.25) is 19.0 Å². The Morgan fingerprint density at radius 1 is 1.21 bits per heavy atom. The van der Waals surface area contributed by atoms with Crippen LogP contribution in [-0.4, -0.2) is 35.5 Å². The first-order valence-electron chi connectivity index (χ1n) is 7.14. The number of carbonyl (C=O) groups is 1. The molecule has 0 atom stereocenters. The molecule has 4 aromatic rings. The highest BCUT2D eigenvalue weighted by atomic mass is 16.2. The van der Waals surface area contributed by atoms with Crippen molar-refractivity contribution in [2.24, 2.45) is 0 Å². The number of fused-ring (bicyclic) bond motifs is 2. The molecule has 0 radical (unpaired) electrons. The van der Waals surface area contributed by atoms with Crippen LogP contribution in [-0.2, 0) is 6.54 Å². The van der Waals surface area contributed by atoms with Gasteiger partial charge in [-0.05, 0) is 12.1 Å². The second-order valence-electron chi connectivity index (χ2n) is 5.03. The lowest BCUT2D eigenvalue weighted by Crippen LogP contribution is -2.25. The van der Waals surface area contributed by atoms with Gasteiger partial charge in [0.1, 0.15) is 5.69 Å². The average Bonchev–Trinajstić information content (AvgIpc) is 3.04. The van der Waals surface area contributed by atoms with E-state index in [9.17, 15) is 9.59 Å². The summed E-state index contributed by atoms with van der Waals surface area (Å²) in [4.78, 5) is 34.8. The van der Waals surface area contributed by atoms with E-state index >= 15 is 0 Å². The smallest absolute Gasteiger partial charge is 0.293 e. The highest BCUT2D eigenvalue weighted by Crippen LogP contribution is 2.08. The molecule has 0 aliphatic rings. The fourth-order valence-corrected chi connectivity index (χ4v) is 2.32. The van der Waals surface area contributed by atoms with E-state index in [0.717, 1.165) is 5.52 Å². The highest BCUT2D eigenvalue weighted by Gasteiger charge is 2.12. The molecule has 9 nitrogen and oxygen atoms in total. The first kappa shape index (κ1) is 14.0. The van der Waals surface area contributed by atoms with Gasteiger partial charge in [-0.1, -0.05) is 12.1 Å². The fraction of sp³-hybridized carbons (Fsp3) is 0.0667. The largest absolute Gasteiger partial charge is 0.343 e. The number of nitrogens with one attached hydrogen (secondary N) is 2. The Labute approximate surface area is 134 Å². The predicted octanol–water partition coefficient (Wildman–Crippen LogP) is 0.291. The number of hydrogen-bond donors (Lipinski definition) is 2. The number of H-pyrrole nitrogens is 1. The normalized spacial score (nSPS) is 11.0. The molecule has 4 rings (SSSR count). The van der Waals surface area contributed by atoms with Crippen LogP contribution in [0.25, 0.3) is 16.7 Å². The minimum absolute atomic E-state index is 0.109. The fourth-order valence-electron chi connectivity index (χ4n) is 2.32. The van der Waals surface area contributed by atoms with Crippen molar-refractivity contribution in [1.82, 2.24) is 34.9 Å². The van der Waals surface area contributed by atoms with Crippen LogP contribution in [0.2, 0.25) is 0 Å². The Hall–Kier alpha value is -3.62. The van der Waals surface area contributed by atoms with Gasteiger partial charge in [0, 0.05) is 12.4 Å². The molecular weight excluding hydrogens is 310 g/mol. The van der Waals surface area contributed by atoms with Crippen LogP contribution in [0.4, 0.5) is 0 Å². The summed E-state index contributed by atoms with van der Waals surface area (Å²) in [5.41, 5.74) is 1.40. The molecule has 0 unspecified atom stereocenters. The van der Waals surface area contributed by atoms with E-state index in [-0.39, 0.29) is 29.4 Å². The molecular formula is C15H11N7O2. The number of aromatic nitrogens is 6. The van der Waals surface area contributed by atoms with E-state index < -0.39 is 0 Å². The van der Waals surface area contributed by atoms with Gasteiger partial charge in [-0.25, -0.2) is 4.98 Å². The summed E-state index contributed by atoms with van der Waals surface area (Å²) in [7, 11) is 0. The zero-order valence-electron chi connectivity index (χ0n) is 12.3. The summed E-state index contributed by atoms with van der Waals surface area (Å²) in [5, 5.41) is 10.4. The van der Waals surface area contributed by atoms with Crippen molar-refractivity contribution in [2.45, 2.75) is 6.54 Å². The SMILES string of the molecule is O=C(NCc1nnc2c(=O)[nH]ccn12)c1cnc2ccccc2n1.